The van der Waals surface area contributed by atoms with Gasteiger partial charge < -0.3 is 15.2 Å². The lowest BCUT2D eigenvalue weighted by Gasteiger charge is -2.33. The molecule has 0 aromatic heterocycles. The fraction of sp³-hybridized carbons (Fsp3) is 0.588. The first-order valence-corrected chi connectivity index (χ1v) is 8.03. The van der Waals surface area contributed by atoms with Gasteiger partial charge in [-0.3, -0.25) is 9.69 Å². The molecular weight excluding hydrogens is 280 g/mol. The first-order valence-electron chi connectivity index (χ1n) is 8.03. The highest BCUT2D eigenvalue weighted by Gasteiger charge is 2.36. The maximum Gasteiger partial charge on any atom is 0.220 e. The van der Waals surface area contributed by atoms with Gasteiger partial charge in [0.15, 0.2) is 0 Å². The van der Waals surface area contributed by atoms with E-state index in [4.69, 9.17) is 4.74 Å². The van der Waals surface area contributed by atoms with Crippen LogP contribution in [0.15, 0.2) is 24.3 Å². The zero-order valence-electron chi connectivity index (χ0n) is 13.0. The number of amides is 1. The quantitative estimate of drug-likeness (QED) is 0.880. The molecule has 3 atom stereocenters. The van der Waals surface area contributed by atoms with E-state index in [-0.39, 0.29) is 23.8 Å². The summed E-state index contributed by atoms with van der Waals surface area (Å²) in [5.74, 6) is 0.335. The minimum Gasteiger partial charge on any atom is -0.508 e. The number of hydrogen-bond acceptors (Lipinski definition) is 4. The Morgan fingerprint density at radius 3 is 3.14 bits per heavy atom. The molecule has 0 radical (unpaired) electrons. The number of phenols is 1. The molecule has 120 valence electrons. The molecule has 0 bridgehead atoms. The molecule has 2 fully saturated rings. The number of nitrogens with zero attached hydrogens (tertiary/aromatic N) is 1. The van der Waals surface area contributed by atoms with Gasteiger partial charge >= 0.3 is 0 Å². The molecule has 2 aliphatic rings. The van der Waals surface area contributed by atoms with Crippen molar-refractivity contribution in [1.82, 2.24) is 10.2 Å². The zero-order valence-corrected chi connectivity index (χ0v) is 13.0. The topological polar surface area (TPSA) is 61.8 Å². The Morgan fingerprint density at radius 2 is 2.32 bits per heavy atom. The molecule has 22 heavy (non-hydrogen) atoms. The summed E-state index contributed by atoms with van der Waals surface area (Å²) in [4.78, 5) is 14.5. The molecular formula is C17H24N2O3. The van der Waals surface area contributed by atoms with Crippen molar-refractivity contribution < 1.29 is 14.6 Å². The van der Waals surface area contributed by atoms with Crippen LogP contribution in [0.2, 0.25) is 0 Å². The number of aryl methyl sites for hydroxylation is 1. The van der Waals surface area contributed by atoms with Crippen molar-refractivity contribution in [2.75, 3.05) is 19.7 Å². The summed E-state index contributed by atoms with van der Waals surface area (Å²) in [6, 6.07) is 7.77. The van der Waals surface area contributed by atoms with Crippen molar-refractivity contribution in [3.8, 4) is 5.75 Å². The number of fused-ring (bicyclic) bond motifs is 1. The maximum atomic E-state index is 12.1. The van der Waals surface area contributed by atoms with E-state index in [9.17, 15) is 9.90 Å². The monoisotopic (exact) mass is 304 g/mol. The van der Waals surface area contributed by atoms with E-state index in [2.05, 4.69) is 17.1 Å². The summed E-state index contributed by atoms with van der Waals surface area (Å²) >= 11 is 0. The molecule has 1 aromatic carbocycles. The molecule has 1 aromatic rings. The van der Waals surface area contributed by atoms with Gasteiger partial charge in [0.1, 0.15) is 5.75 Å². The molecule has 0 aliphatic carbocycles. The van der Waals surface area contributed by atoms with Crippen molar-refractivity contribution in [2.24, 2.45) is 0 Å². The molecule has 0 spiro atoms. The first-order chi connectivity index (χ1) is 10.6. The Labute approximate surface area is 131 Å². The smallest absolute Gasteiger partial charge is 0.220 e. The zero-order chi connectivity index (χ0) is 15.5. The van der Waals surface area contributed by atoms with E-state index < -0.39 is 0 Å². The van der Waals surface area contributed by atoms with Crippen LogP contribution in [-0.2, 0) is 16.0 Å². The Morgan fingerprint density at radius 1 is 1.45 bits per heavy atom. The van der Waals surface area contributed by atoms with Crippen LogP contribution < -0.4 is 5.32 Å². The summed E-state index contributed by atoms with van der Waals surface area (Å²) < 4.78 is 5.68. The van der Waals surface area contributed by atoms with Crippen LogP contribution in [0.25, 0.3) is 0 Å². The Bertz CT molecular complexity index is 534. The Balaban J connectivity index is 1.44. The SMILES string of the molecule is C[C@H]1CN2C[C@H](NC(=O)CCc3cccc(O)c3)C[C@H]2CO1. The van der Waals surface area contributed by atoms with Crippen molar-refractivity contribution >= 4 is 5.91 Å². The maximum absolute atomic E-state index is 12.1. The van der Waals surface area contributed by atoms with E-state index >= 15 is 0 Å². The highest BCUT2D eigenvalue weighted by Crippen LogP contribution is 2.23. The Kier molecular flexibility index (Phi) is 4.64. The fourth-order valence-corrected chi connectivity index (χ4v) is 3.41. The average molecular weight is 304 g/mol. The lowest BCUT2D eigenvalue weighted by atomic mass is 10.1. The summed E-state index contributed by atoms with van der Waals surface area (Å²) in [7, 11) is 0. The second-order valence-corrected chi connectivity index (χ2v) is 6.42. The van der Waals surface area contributed by atoms with Crippen molar-refractivity contribution in [2.45, 2.75) is 44.4 Å². The van der Waals surface area contributed by atoms with Crippen LogP contribution in [0.5, 0.6) is 5.75 Å². The number of benzene rings is 1. The van der Waals surface area contributed by atoms with Crippen LogP contribution in [-0.4, -0.2) is 53.8 Å². The minimum atomic E-state index is 0.0853. The summed E-state index contributed by atoms with van der Waals surface area (Å²) in [5, 5.41) is 12.6. The predicted molar refractivity (Wildman–Crippen MR) is 83.8 cm³/mol. The summed E-state index contributed by atoms with van der Waals surface area (Å²) in [6.45, 7) is 4.75. The number of ether oxygens (including phenoxy) is 1. The third-order valence-electron chi connectivity index (χ3n) is 4.51. The molecule has 0 unspecified atom stereocenters. The summed E-state index contributed by atoms with van der Waals surface area (Å²) in [6.07, 6.45) is 2.37. The van der Waals surface area contributed by atoms with Gasteiger partial charge in [0.2, 0.25) is 5.91 Å². The van der Waals surface area contributed by atoms with Gasteiger partial charge in [0, 0.05) is 31.6 Å². The average Bonchev–Trinajstić information content (AvgIpc) is 2.86. The van der Waals surface area contributed by atoms with Gasteiger partial charge in [0.05, 0.1) is 12.7 Å². The highest BCUT2D eigenvalue weighted by atomic mass is 16.5. The number of carbonyl (C=O) groups excluding carboxylic acids is 1. The van der Waals surface area contributed by atoms with E-state index in [1.807, 2.05) is 6.07 Å². The normalized spacial score (nSPS) is 28.3. The number of morpholine rings is 1. The van der Waals surface area contributed by atoms with Crippen LogP contribution >= 0.6 is 0 Å². The van der Waals surface area contributed by atoms with Crippen LogP contribution in [0.4, 0.5) is 0 Å². The lowest BCUT2D eigenvalue weighted by molar-refractivity contribution is -0.121. The molecule has 5 nitrogen and oxygen atoms in total. The van der Waals surface area contributed by atoms with E-state index in [0.29, 0.717) is 18.9 Å². The Hall–Kier alpha value is -1.59. The van der Waals surface area contributed by atoms with Gasteiger partial charge in [-0.05, 0) is 37.5 Å². The largest absolute Gasteiger partial charge is 0.508 e. The van der Waals surface area contributed by atoms with Gasteiger partial charge in [-0.15, -0.1) is 0 Å². The molecule has 2 aliphatic heterocycles. The lowest BCUT2D eigenvalue weighted by Crippen LogP contribution is -2.45. The third kappa shape index (κ3) is 3.78. The van der Waals surface area contributed by atoms with Gasteiger partial charge in [0.25, 0.3) is 0 Å². The van der Waals surface area contributed by atoms with Crippen LogP contribution in [0.1, 0.15) is 25.3 Å². The van der Waals surface area contributed by atoms with Crippen LogP contribution in [0.3, 0.4) is 0 Å². The molecule has 2 heterocycles. The number of phenolic OH excluding ortho intramolecular Hbond substituents is 1. The third-order valence-corrected chi connectivity index (χ3v) is 4.51. The number of aromatic hydroxyl groups is 1. The number of hydrogen-bond donors (Lipinski definition) is 2. The molecule has 1 amide bonds. The minimum absolute atomic E-state index is 0.0853. The number of carbonyl (C=O) groups is 1. The number of rotatable bonds is 4. The fourth-order valence-electron chi connectivity index (χ4n) is 3.41. The van der Waals surface area contributed by atoms with Crippen molar-refractivity contribution in [3.05, 3.63) is 29.8 Å². The number of nitrogens with one attached hydrogen (secondary N) is 1. The standard InChI is InChI=1S/C17H24N2O3/c1-12-9-19-10-14(8-15(19)11-22-12)18-17(21)6-5-13-3-2-4-16(20)7-13/h2-4,7,12,14-15,20H,5-6,8-11H2,1H3,(H,18,21)/t12-,14+,15-/m0/s1. The predicted octanol–water partition coefficient (Wildman–Crippen LogP) is 1.30. The van der Waals surface area contributed by atoms with Crippen molar-refractivity contribution in [1.29, 1.82) is 0 Å². The van der Waals surface area contributed by atoms with Crippen molar-refractivity contribution in [3.63, 3.8) is 0 Å². The molecule has 3 rings (SSSR count). The van der Waals surface area contributed by atoms with Crippen LogP contribution in [0, 0.1) is 0 Å². The van der Waals surface area contributed by atoms with Gasteiger partial charge in [-0.2, -0.15) is 0 Å². The van der Waals surface area contributed by atoms with Gasteiger partial charge in [-0.25, -0.2) is 0 Å². The van der Waals surface area contributed by atoms with E-state index in [1.165, 1.54) is 0 Å². The first kappa shape index (κ1) is 15.3. The van der Waals surface area contributed by atoms with Gasteiger partial charge in [-0.1, -0.05) is 12.1 Å². The highest BCUT2D eigenvalue weighted by molar-refractivity contribution is 5.76. The van der Waals surface area contributed by atoms with E-state index in [0.717, 1.165) is 31.7 Å². The second kappa shape index (κ2) is 6.67. The molecule has 5 heteroatoms. The molecule has 2 saturated heterocycles. The molecule has 2 N–H and O–H groups in total. The summed E-state index contributed by atoms with van der Waals surface area (Å²) in [5.41, 5.74) is 0.987. The second-order valence-electron chi connectivity index (χ2n) is 6.42. The molecule has 0 saturated carbocycles. The van der Waals surface area contributed by atoms with E-state index in [1.54, 1.807) is 18.2 Å².